The third-order valence-corrected chi connectivity index (χ3v) is 2.34. The van der Waals surface area contributed by atoms with Gasteiger partial charge in [0.2, 0.25) is 0 Å². The first-order valence-corrected chi connectivity index (χ1v) is 4.72. The molecule has 1 aromatic carbocycles. The summed E-state index contributed by atoms with van der Waals surface area (Å²) in [7, 11) is 0. The summed E-state index contributed by atoms with van der Waals surface area (Å²) in [5.41, 5.74) is 1.83. The number of hydrogen-bond acceptors (Lipinski definition) is 3. The fourth-order valence-electron chi connectivity index (χ4n) is 1.55. The van der Waals surface area contributed by atoms with Crippen LogP contribution in [0.3, 0.4) is 0 Å². The van der Waals surface area contributed by atoms with Crippen LogP contribution < -0.4 is 5.32 Å². The average molecular weight is 188 g/mol. The van der Waals surface area contributed by atoms with E-state index in [2.05, 4.69) is 11.4 Å². The molecular formula is C11H12N2O. The highest BCUT2D eigenvalue weighted by Gasteiger charge is 2.14. The van der Waals surface area contributed by atoms with Crippen LogP contribution in [-0.4, -0.2) is 19.7 Å². The van der Waals surface area contributed by atoms with Crippen LogP contribution in [0.4, 0.5) is 0 Å². The monoisotopic (exact) mass is 188 g/mol. The van der Waals surface area contributed by atoms with E-state index in [-0.39, 0.29) is 6.10 Å². The summed E-state index contributed by atoms with van der Waals surface area (Å²) in [6.45, 7) is 2.53. The van der Waals surface area contributed by atoms with Crippen molar-refractivity contribution < 1.29 is 4.74 Å². The lowest BCUT2D eigenvalue weighted by molar-refractivity contribution is 0.0277. The second kappa shape index (κ2) is 4.23. The van der Waals surface area contributed by atoms with Crippen LogP contribution in [0.15, 0.2) is 24.3 Å². The lowest BCUT2D eigenvalue weighted by Gasteiger charge is -2.23. The molecule has 0 amide bonds. The van der Waals surface area contributed by atoms with Gasteiger partial charge in [-0.05, 0) is 17.7 Å². The van der Waals surface area contributed by atoms with Gasteiger partial charge in [-0.2, -0.15) is 5.26 Å². The number of rotatable bonds is 1. The molecule has 1 fully saturated rings. The minimum absolute atomic E-state index is 0.136. The van der Waals surface area contributed by atoms with Crippen LogP contribution in [0, 0.1) is 11.3 Å². The largest absolute Gasteiger partial charge is 0.371 e. The fourth-order valence-corrected chi connectivity index (χ4v) is 1.55. The van der Waals surface area contributed by atoms with Crippen molar-refractivity contribution in [2.45, 2.75) is 6.10 Å². The number of benzene rings is 1. The molecular weight excluding hydrogens is 176 g/mol. The topological polar surface area (TPSA) is 45.0 Å². The summed E-state index contributed by atoms with van der Waals surface area (Å²) in [6.07, 6.45) is 0.136. The highest BCUT2D eigenvalue weighted by atomic mass is 16.5. The number of nitrogens with zero attached hydrogens (tertiary/aromatic N) is 1. The Balaban J connectivity index is 2.12. The van der Waals surface area contributed by atoms with Gasteiger partial charge in [0.15, 0.2) is 0 Å². The van der Waals surface area contributed by atoms with Gasteiger partial charge in [0.1, 0.15) is 0 Å². The van der Waals surface area contributed by atoms with Crippen molar-refractivity contribution in [1.82, 2.24) is 5.32 Å². The molecule has 1 aromatic rings. The lowest BCUT2D eigenvalue weighted by atomic mass is 10.1. The normalized spacial score (nSPS) is 21.5. The van der Waals surface area contributed by atoms with Gasteiger partial charge in [0.25, 0.3) is 0 Å². The Morgan fingerprint density at radius 2 is 2.14 bits per heavy atom. The van der Waals surface area contributed by atoms with Gasteiger partial charge in [-0.15, -0.1) is 0 Å². The number of ether oxygens (including phenoxy) is 1. The van der Waals surface area contributed by atoms with Gasteiger partial charge >= 0.3 is 0 Å². The summed E-state index contributed by atoms with van der Waals surface area (Å²) in [4.78, 5) is 0. The Hall–Kier alpha value is -1.37. The molecule has 0 unspecified atom stereocenters. The molecule has 0 aliphatic carbocycles. The van der Waals surface area contributed by atoms with Crippen LogP contribution >= 0.6 is 0 Å². The van der Waals surface area contributed by atoms with Crippen LogP contribution in [0.25, 0.3) is 0 Å². The molecule has 3 heteroatoms. The Labute approximate surface area is 83.3 Å². The second-order valence-corrected chi connectivity index (χ2v) is 3.30. The number of morpholine rings is 1. The van der Waals surface area contributed by atoms with Crippen LogP contribution in [0.1, 0.15) is 17.2 Å². The zero-order valence-corrected chi connectivity index (χ0v) is 7.86. The molecule has 1 aliphatic heterocycles. The number of nitriles is 1. The Morgan fingerprint density at radius 3 is 2.71 bits per heavy atom. The van der Waals surface area contributed by atoms with E-state index in [1.54, 1.807) is 0 Å². The van der Waals surface area contributed by atoms with Crippen LogP contribution in [0.2, 0.25) is 0 Å². The van der Waals surface area contributed by atoms with E-state index in [1.165, 1.54) is 0 Å². The van der Waals surface area contributed by atoms with Gasteiger partial charge in [-0.3, -0.25) is 0 Å². The predicted molar refractivity (Wildman–Crippen MR) is 52.7 cm³/mol. The molecule has 0 radical (unpaired) electrons. The molecule has 2 rings (SSSR count). The summed E-state index contributed by atoms with van der Waals surface area (Å²) < 4.78 is 5.59. The Bertz CT molecular complexity index is 333. The summed E-state index contributed by atoms with van der Waals surface area (Å²) in [6, 6.07) is 9.66. The second-order valence-electron chi connectivity index (χ2n) is 3.30. The highest BCUT2D eigenvalue weighted by molar-refractivity contribution is 5.32. The van der Waals surface area contributed by atoms with E-state index >= 15 is 0 Å². The molecule has 0 aromatic heterocycles. The maximum atomic E-state index is 8.65. The first-order valence-electron chi connectivity index (χ1n) is 4.72. The van der Waals surface area contributed by atoms with Crippen molar-refractivity contribution >= 4 is 0 Å². The maximum absolute atomic E-state index is 8.65. The first kappa shape index (κ1) is 9.20. The molecule has 72 valence electrons. The van der Waals surface area contributed by atoms with Crippen molar-refractivity contribution in [3.8, 4) is 6.07 Å². The van der Waals surface area contributed by atoms with Crippen molar-refractivity contribution in [2.24, 2.45) is 0 Å². The third-order valence-electron chi connectivity index (χ3n) is 2.34. The minimum atomic E-state index is 0.136. The first-order chi connectivity index (χ1) is 6.90. The molecule has 1 heterocycles. The average Bonchev–Trinajstić information content (AvgIpc) is 2.30. The Kier molecular flexibility index (Phi) is 2.78. The molecule has 0 spiro atoms. The lowest BCUT2D eigenvalue weighted by Crippen LogP contribution is -2.33. The molecule has 0 saturated carbocycles. The Morgan fingerprint density at radius 1 is 1.36 bits per heavy atom. The smallest absolute Gasteiger partial charge is 0.0991 e. The number of hydrogen-bond donors (Lipinski definition) is 1. The molecule has 1 saturated heterocycles. The standard InChI is InChI=1S/C11H12N2O/c12-7-9-1-3-10(4-2-9)11-8-13-5-6-14-11/h1-4,11,13H,5-6,8H2/t11-/m1/s1. The zero-order valence-electron chi connectivity index (χ0n) is 7.86. The molecule has 0 bridgehead atoms. The van der Waals surface area contributed by atoms with Gasteiger partial charge in [0, 0.05) is 13.1 Å². The summed E-state index contributed by atoms with van der Waals surface area (Å²) in [5.74, 6) is 0. The molecule has 14 heavy (non-hydrogen) atoms. The van der Waals surface area contributed by atoms with Gasteiger partial charge in [-0.1, -0.05) is 12.1 Å². The third kappa shape index (κ3) is 1.92. The molecule has 1 aliphatic rings. The van der Waals surface area contributed by atoms with E-state index in [4.69, 9.17) is 10.00 Å². The van der Waals surface area contributed by atoms with Crippen molar-refractivity contribution in [2.75, 3.05) is 19.7 Å². The van der Waals surface area contributed by atoms with E-state index in [9.17, 15) is 0 Å². The minimum Gasteiger partial charge on any atom is -0.371 e. The van der Waals surface area contributed by atoms with Gasteiger partial charge in [-0.25, -0.2) is 0 Å². The molecule has 1 N–H and O–H groups in total. The summed E-state index contributed by atoms with van der Waals surface area (Å²) in [5, 5.41) is 11.9. The van der Waals surface area contributed by atoms with Gasteiger partial charge in [0.05, 0.1) is 24.3 Å². The van der Waals surface area contributed by atoms with E-state index in [0.29, 0.717) is 5.56 Å². The van der Waals surface area contributed by atoms with Gasteiger partial charge < -0.3 is 10.1 Å². The summed E-state index contributed by atoms with van der Waals surface area (Å²) >= 11 is 0. The maximum Gasteiger partial charge on any atom is 0.0991 e. The van der Waals surface area contributed by atoms with Crippen molar-refractivity contribution in [1.29, 1.82) is 5.26 Å². The number of nitrogens with one attached hydrogen (secondary N) is 1. The highest BCUT2D eigenvalue weighted by Crippen LogP contribution is 2.18. The van der Waals surface area contributed by atoms with Crippen LogP contribution in [-0.2, 0) is 4.74 Å². The molecule has 3 nitrogen and oxygen atoms in total. The van der Waals surface area contributed by atoms with Crippen molar-refractivity contribution in [3.05, 3.63) is 35.4 Å². The SMILES string of the molecule is N#Cc1ccc([C@H]2CNCCO2)cc1. The van der Waals surface area contributed by atoms with Crippen LogP contribution in [0.5, 0.6) is 0 Å². The zero-order chi connectivity index (χ0) is 9.80. The predicted octanol–water partition coefficient (Wildman–Crippen LogP) is 1.22. The van der Waals surface area contributed by atoms with E-state index in [1.807, 2.05) is 24.3 Å². The molecule has 1 atom stereocenters. The fraction of sp³-hybridized carbons (Fsp3) is 0.364. The van der Waals surface area contributed by atoms with Crippen molar-refractivity contribution in [3.63, 3.8) is 0 Å². The van der Waals surface area contributed by atoms with E-state index < -0.39 is 0 Å². The quantitative estimate of drug-likeness (QED) is 0.720. The van der Waals surface area contributed by atoms with E-state index in [0.717, 1.165) is 25.3 Å².